The van der Waals surface area contributed by atoms with Crippen LogP contribution in [0.5, 0.6) is 0 Å². The molecule has 6 heteroatoms. The highest BCUT2D eigenvalue weighted by molar-refractivity contribution is 7.88. The van der Waals surface area contributed by atoms with Crippen LogP contribution in [0.25, 0.3) is 0 Å². The molecule has 1 atom stereocenters. The van der Waals surface area contributed by atoms with Crippen molar-refractivity contribution in [3.05, 3.63) is 35.4 Å². The Labute approximate surface area is 127 Å². The van der Waals surface area contributed by atoms with Crippen LogP contribution in [0.1, 0.15) is 30.9 Å². The first kappa shape index (κ1) is 16.4. The molecular formula is C15H25N3O2S. The third-order valence-corrected chi connectivity index (χ3v) is 5.38. The standard InChI is InChI=1S/C15H25N3O2S/c1-2-18-9-3-4-15(18)11-17-21(19,20)12-14-7-5-13(10-16)6-8-14/h5-8,15,17H,2-4,9-12,16H2,1H3. The first-order valence-corrected chi connectivity index (χ1v) is 9.18. The lowest BCUT2D eigenvalue weighted by Crippen LogP contribution is -2.40. The first-order chi connectivity index (χ1) is 10.0. The van der Waals surface area contributed by atoms with Crippen molar-refractivity contribution in [2.24, 2.45) is 5.73 Å². The Kier molecular flexibility index (Phi) is 5.75. The minimum atomic E-state index is -3.28. The Morgan fingerprint density at radius 2 is 1.95 bits per heavy atom. The summed E-state index contributed by atoms with van der Waals surface area (Å²) in [5.41, 5.74) is 7.33. The second-order valence-corrected chi connectivity index (χ2v) is 7.36. The van der Waals surface area contributed by atoms with Gasteiger partial charge in [-0.1, -0.05) is 31.2 Å². The fourth-order valence-electron chi connectivity index (χ4n) is 2.81. The second kappa shape index (κ2) is 7.35. The van der Waals surface area contributed by atoms with Gasteiger partial charge in [-0.25, -0.2) is 13.1 Å². The molecule has 1 aliphatic heterocycles. The molecule has 1 heterocycles. The molecule has 2 rings (SSSR count). The summed E-state index contributed by atoms with van der Waals surface area (Å²) in [5, 5.41) is 0. The molecule has 0 amide bonds. The van der Waals surface area contributed by atoms with Crippen molar-refractivity contribution in [2.45, 2.75) is 38.1 Å². The zero-order valence-corrected chi connectivity index (χ0v) is 13.4. The van der Waals surface area contributed by atoms with Crippen molar-refractivity contribution in [3.63, 3.8) is 0 Å². The van der Waals surface area contributed by atoms with E-state index >= 15 is 0 Å². The largest absolute Gasteiger partial charge is 0.326 e. The topological polar surface area (TPSA) is 75.4 Å². The number of likely N-dealkylation sites (N-methyl/N-ethyl adjacent to an activating group) is 1. The molecule has 1 unspecified atom stereocenters. The average molecular weight is 311 g/mol. The number of rotatable bonds is 7. The predicted molar refractivity (Wildman–Crippen MR) is 85.2 cm³/mol. The molecule has 3 N–H and O–H groups in total. The van der Waals surface area contributed by atoms with Crippen LogP contribution in [-0.2, 0) is 22.3 Å². The van der Waals surface area contributed by atoms with Gasteiger partial charge < -0.3 is 5.73 Å². The molecule has 0 radical (unpaired) electrons. The highest BCUT2D eigenvalue weighted by atomic mass is 32.2. The molecule has 1 saturated heterocycles. The van der Waals surface area contributed by atoms with Crippen molar-refractivity contribution >= 4 is 10.0 Å². The zero-order chi connectivity index (χ0) is 15.3. The third kappa shape index (κ3) is 4.78. The lowest BCUT2D eigenvalue weighted by Gasteiger charge is -2.22. The fraction of sp³-hybridized carbons (Fsp3) is 0.600. The van der Waals surface area contributed by atoms with Crippen molar-refractivity contribution in [1.29, 1.82) is 0 Å². The molecule has 0 aliphatic carbocycles. The van der Waals surface area contributed by atoms with Crippen LogP contribution >= 0.6 is 0 Å². The van der Waals surface area contributed by atoms with Gasteiger partial charge in [0.15, 0.2) is 0 Å². The molecule has 1 aromatic rings. The van der Waals surface area contributed by atoms with Gasteiger partial charge in [-0.3, -0.25) is 4.90 Å². The van der Waals surface area contributed by atoms with E-state index in [2.05, 4.69) is 16.5 Å². The average Bonchev–Trinajstić information content (AvgIpc) is 2.93. The summed E-state index contributed by atoms with van der Waals surface area (Å²) < 4.78 is 27.1. The molecule has 0 saturated carbocycles. The maximum atomic E-state index is 12.2. The lowest BCUT2D eigenvalue weighted by atomic mass is 10.1. The van der Waals surface area contributed by atoms with E-state index in [9.17, 15) is 8.42 Å². The van der Waals surface area contributed by atoms with E-state index in [1.54, 1.807) is 0 Å². The number of nitrogens with zero attached hydrogens (tertiary/aromatic N) is 1. The van der Waals surface area contributed by atoms with E-state index in [1.165, 1.54) is 0 Å². The second-order valence-electron chi connectivity index (χ2n) is 5.55. The number of hydrogen-bond acceptors (Lipinski definition) is 4. The summed E-state index contributed by atoms with van der Waals surface area (Å²) in [6.45, 7) is 5.15. The minimum Gasteiger partial charge on any atom is -0.326 e. The van der Waals surface area contributed by atoms with Gasteiger partial charge in [0.2, 0.25) is 10.0 Å². The van der Waals surface area contributed by atoms with Gasteiger partial charge in [0.25, 0.3) is 0 Å². The fourth-order valence-corrected chi connectivity index (χ4v) is 3.99. The molecular weight excluding hydrogens is 286 g/mol. The van der Waals surface area contributed by atoms with E-state index in [-0.39, 0.29) is 5.75 Å². The van der Waals surface area contributed by atoms with E-state index in [4.69, 9.17) is 5.73 Å². The van der Waals surface area contributed by atoms with Crippen LogP contribution in [0.4, 0.5) is 0 Å². The number of likely N-dealkylation sites (tertiary alicyclic amines) is 1. The lowest BCUT2D eigenvalue weighted by molar-refractivity contribution is 0.268. The molecule has 1 aliphatic rings. The van der Waals surface area contributed by atoms with Crippen LogP contribution < -0.4 is 10.5 Å². The first-order valence-electron chi connectivity index (χ1n) is 7.53. The van der Waals surface area contributed by atoms with Gasteiger partial charge in [0, 0.05) is 19.1 Å². The van der Waals surface area contributed by atoms with Gasteiger partial charge in [-0.2, -0.15) is 0 Å². The highest BCUT2D eigenvalue weighted by Gasteiger charge is 2.24. The van der Waals surface area contributed by atoms with E-state index in [0.29, 0.717) is 19.1 Å². The van der Waals surface area contributed by atoms with Crippen LogP contribution in [-0.4, -0.2) is 39.0 Å². The van der Waals surface area contributed by atoms with Crippen LogP contribution in [0, 0.1) is 0 Å². The van der Waals surface area contributed by atoms with E-state index in [0.717, 1.165) is 37.1 Å². The minimum absolute atomic E-state index is 0.0245. The predicted octanol–water partition coefficient (Wildman–Crippen LogP) is 1.05. The Morgan fingerprint density at radius 1 is 1.29 bits per heavy atom. The monoisotopic (exact) mass is 311 g/mol. The van der Waals surface area contributed by atoms with Gasteiger partial charge in [0.05, 0.1) is 5.75 Å². The molecule has 0 bridgehead atoms. The normalized spacial score (nSPS) is 20.0. The van der Waals surface area contributed by atoms with Crippen molar-refractivity contribution < 1.29 is 8.42 Å². The zero-order valence-electron chi connectivity index (χ0n) is 12.6. The maximum Gasteiger partial charge on any atom is 0.215 e. The van der Waals surface area contributed by atoms with Crippen LogP contribution in [0.3, 0.4) is 0 Å². The number of benzene rings is 1. The van der Waals surface area contributed by atoms with Crippen molar-refractivity contribution in [1.82, 2.24) is 9.62 Å². The summed E-state index contributed by atoms with van der Waals surface area (Å²) in [7, 11) is -3.28. The summed E-state index contributed by atoms with van der Waals surface area (Å²) >= 11 is 0. The van der Waals surface area contributed by atoms with Crippen molar-refractivity contribution in [2.75, 3.05) is 19.6 Å². The Hall–Kier alpha value is -0.950. The molecule has 5 nitrogen and oxygen atoms in total. The summed E-state index contributed by atoms with van der Waals surface area (Å²) in [6.07, 6.45) is 2.22. The smallest absolute Gasteiger partial charge is 0.215 e. The Bertz CT molecular complexity index is 543. The van der Waals surface area contributed by atoms with Gasteiger partial charge in [-0.15, -0.1) is 0 Å². The summed E-state index contributed by atoms with van der Waals surface area (Å²) in [6, 6.07) is 7.75. The number of hydrogen-bond donors (Lipinski definition) is 2. The van der Waals surface area contributed by atoms with Crippen molar-refractivity contribution in [3.8, 4) is 0 Å². The van der Waals surface area contributed by atoms with Gasteiger partial charge >= 0.3 is 0 Å². The summed E-state index contributed by atoms with van der Waals surface area (Å²) in [4.78, 5) is 2.33. The number of nitrogens with one attached hydrogen (secondary N) is 1. The van der Waals surface area contributed by atoms with Gasteiger partial charge in [0.1, 0.15) is 0 Å². The summed E-state index contributed by atoms with van der Waals surface area (Å²) in [5.74, 6) is 0.0245. The molecule has 21 heavy (non-hydrogen) atoms. The van der Waals surface area contributed by atoms with Gasteiger partial charge in [-0.05, 0) is 37.1 Å². The van der Waals surface area contributed by atoms with E-state index < -0.39 is 10.0 Å². The molecule has 0 aromatic heterocycles. The number of nitrogens with two attached hydrogens (primary N) is 1. The third-order valence-electron chi connectivity index (χ3n) is 4.06. The molecule has 1 aromatic carbocycles. The van der Waals surface area contributed by atoms with Crippen LogP contribution in [0.15, 0.2) is 24.3 Å². The van der Waals surface area contributed by atoms with Crippen LogP contribution in [0.2, 0.25) is 0 Å². The molecule has 1 fully saturated rings. The highest BCUT2D eigenvalue weighted by Crippen LogP contribution is 2.16. The quantitative estimate of drug-likeness (QED) is 0.789. The SMILES string of the molecule is CCN1CCCC1CNS(=O)(=O)Cc1ccc(CN)cc1. The number of sulfonamides is 1. The molecule has 118 valence electrons. The maximum absolute atomic E-state index is 12.2. The molecule has 0 spiro atoms. The Balaban J connectivity index is 1.89. The van der Waals surface area contributed by atoms with E-state index in [1.807, 2.05) is 24.3 Å². The Morgan fingerprint density at radius 3 is 2.57 bits per heavy atom.